The summed E-state index contributed by atoms with van der Waals surface area (Å²) in [6, 6.07) is 3.99. The van der Waals surface area contributed by atoms with Crippen molar-refractivity contribution in [3.8, 4) is 0 Å². The van der Waals surface area contributed by atoms with E-state index in [0.29, 0.717) is 11.6 Å². The molecule has 2 N–H and O–H groups in total. The Kier molecular flexibility index (Phi) is 5.95. The van der Waals surface area contributed by atoms with Gasteiger partial charge in [0.05, 0.1) is 18.8 Å². The second-order valence-electron chi connectivity index (χ2n) is 5.12. The largest absolute Gasteiger partial charge is 0.378 e. The number of aromatic nitrogens is 1. The topological polar surface area (TPSA) is 66.5 Å². The van der Waals surface area contributed by atoms with Crippen LogP contribution in [-0.2, 0) is 4.74 Å². The molecule has 0 atom stereocenters. The number of hydrogen-bond donors (Lipinski definition) is 2. The number of ether oxygens (including phenoxy) is 1. The highest BCUT2D eigenvalue weighted by molar-refractivity contribution is 5.93. The molecule has 0 unspecified atom stereocenters. The van der Waals surface area contributed by atoms with Gasteiger partial charge >= 0.3 is 0 Å². The molecule has 1 aromatic heterocycles. The highest BCUT2D eigenvalue weighted by atomic mass is 16.5. The summed E-state index contributed by atoms with van der Waals surface area (Å²) in [5, 5.41) is 0. The molecule has 116 valence electrons. The number of rotatable bonds is 6. The number of amides is 1. The monoisotopic (exact) mass is 292 g/mol. The van der Waals surface area contributed by atoms with Gasteiger partial charge in [0.1, 0.15) is 5.82 Å². The van der Waals surface area contributed by atoms with Crippen LogP contribution >= 0.6 is 0 Å². The molecule has 6 heteroatoms. The molecule has 1 amide bonds. The number of carbonyl (C=O) groups is 1. The lowest BCUT2D eigenvalue weighted by molar-refractivity contribution is 0.0923. The van der Waals surface area contributed by atoms with E-state index in [0.717, 1.165) is 45.0 Å². The van der Waals surface area contributed by atoms with Crippen LogP contribution in [0.15, 0.2) is 18.3 Å². The Hall–Kier alpha value is -1.66. The summed E-state index contributed by atoms with van der Waals surface area (Å²) in [6.45, 7) is 7.31. The summed E-state index contributed by atoms with van der Waals surface area (Å²) < 4.78 is 5.32. The lowest BCUT2D eigenvalue weighted by Crippen LogP contribution is -2.43. The molecule has 2 rings (SSSR count). The van der Waals surface area contributed by atoms with Gasteiger partial charge in [-0.15, -0.1) is 0 Å². The van der Waals surface area contributed by atoms with Crippen LogP contribution in [0.3, 0.4) is 0 Å². The van der Waals surface area contributed by atoms with Crippen molar-refractivity contribution in [1.29, 1.82) is 0 Å². The summed E-state index contributed by atoms with van der Waals surface area (Å²) in [5.74, 6) is 0.741. The first-order valence-electron chi connectivity index (χ1n) is 7.59. The fourth-order valence-corrected chi connectivity index (χ4v) is 2.23. The molecule has 21 heavy (non-hydrogen) atoms. The van der Waals surface area contributed by atoms with Gasteiger partial charge in [-0.05, 0) is 25.0 Å². The Labute approximate surface area is 125 Å². The molecule has 0 radical (unpaired) electrons. The van der Waals surface area contributed by atoms with E-state index in [4.69, 9.17) is 4.74 Å². The highest BCUT2D eigenvalue weighted by Crippen LogP contribution is 2.12. The van der Waals surface area contributed by atoms with Crippen LogP contribution in [0.25, 0.3) is 0 Å². The number of carbonyl (C=O) groups excluding carboxylic acids is 1. The van der Waals surface area contributed by atoms with Crippen LogP contribution in [0.5, 0.6) is 0 Å². The van der Waals surface area contributed by atoms with E-state index in [1.807, 2.05) is 12.1 Å². The van der Waals surface area contributed by atoms with Crippen molar-refractivity contribution in [2.24, 2.45) is 0 Å². The normalized spacial score (nSPS) is 15.3. The fraction of sp³-hybridized carbons (Fsp3) is 0.600. The van der Waals surface area contributed by atoms with Gasteiger partial charge in [-0.25, -0.2) is 10.4 Å². The first kappa shape index (κ1) is 15.7. The number of pyridine rings is 1. The summed E-state index contributed by atoms with van der Waals surface area (Å²) in [5.41, 5.74) is 6.34. The number of hydrazine groups is 1. The highest BCUT2D eigenvalue weighted by Gasteiger charge is 2.13. The van der Waals surface area contributed by atoms with E-state index in [-0.39, 0.29) is 5.91 Å². The number of nitrogens with zero attached hydrogens (tertiary/aromatic N) is 2. The van der Waals surface area contributed by atoms with Crippen molar-refractivity contribution in [3.63, 3.8) is 0 Å². The predicted molar refractivity (Wildman–Crippen MR) is 82.2 cm³/mol. The molecule has 0 aliphatic carbocycles. The zero-order valence-electron chi connectivity index (χ0n) is 12.8. The van der Waals surface area contributed by atoms with Crippen LogP contribution in [0.1, 0.15) is 37.0 Å². The van der Waals surface area contributed by atoms with Gasteiger partial charge in [-0.3, -0.25) is 10.2 Å². The van der Waals surface area contributed by atoms with E-state index in [1.165, 1.54) is 0 Å². The van der Waals surface area contributed by atoms with Gasteiger partial charge in [0, 0.05) is 25.3 Å². The Balaban J connectivity index is 1.90. The van der Waals surface area contributed by atoms with E-state index in [2.05, 4.69) is 34.6 Å². The third-order valence-electron chi connectivity index (χ3n) is 3.72. The summed E-state index contributed by atoms with van der Waals surface area (Å²) in [6.07, 6.45) is 3.57. The molecule has 1 fully saturated rings. The maximum atomic E-state index is 12.0. The molecule has 1 aromatic rings. The van der Waals surface area contributed by atoms with E-state index < -0.39 is 0 Å². The molecule has 0 bridgehead atoms. The number of nitrogens with one attached hydrogen (secondary N) is 2. The van der Waals surface area contributed by atoms with Gasteiger partial charge in [-0.2, -0.15) is 0 Å². The minimum Gasteiger partial charge on any atom is -0.378 e. The molecule has 1 aliphatic rings. The first-order valence-corrected chi connectivity index (χ1v) is 7.59. The van der Waals surface area contributed by atoms with Crippen LogP contribution in [0.2, 0.25) is 0 Å². The quantitative estimate of drug-likeness (QED) is 0.775. The third-order valence-corrected chi connectivity index (χ3v) is 3.72. The van der Waals surface area contributed by atoms with Crippen molar-refractivity contribution >= 4 is 11.7 Å². The van der Waals surface area contributed by atoms with Crippen molar-refractivity contribution in [2.75, 3.05) is 31.2 Å². The maximum absolute atomic E-state index is 12.0. The molecule has 1 saturated heterocycles. The van der Waals surface area contributed by atoms with Gasteiger partial charge in [0.15, 0.2) is 0 Å². The van der Waals surface area contributed by atoms with Crippen LogP contribution in [0.4, 0.5) is 5.82 Å². The molecular formula is C15H24N4O2. The molecular weight excluding hydrogens is 268 g/mol. The van der Waals surface area contributed by atoms with Crippen molar-refractivity contribution < 1.29 is 9.53 Å². The van der Waals surface area contributed by atoms with Crippen molar-refractivity contribution in [2.45, 2.75) is 32.7 Å². The molecule has 0 saturated carbocycles. The van der Waals surface area contributed by atoms with E-state index >= 15 is 0 Å². The lowest BCUT2D eigenvalue weighted by Gasteiger charge is -2.27. The molecule has 0 spiro atoms. The van der Waals surface area contributed by atoms with Gasteiger partial charge < -0.3 is 9.64 Å². The summed E-state index contributed by atoms with van der Waals surface area (Å²) in [7, 11) is 0. The average molecular weight is 292 g/mol. The third kappa shape index (κ3) is 4.41. The standard InChI is InChI=1S/C15H24N4O2/c1-3-13(4-2)17-18-15(20)12-5-6-14(16-11-12)19-7-9-21-10-8-19/h5-6,11,13,17H,3-4,7-10H2,1-2H3,(H,18,20). The second kappa shape index (κ2) is 7.95. The van der Waals surface area contributed by atoms with Crippen LogP contribution in [-0.4, -0.2) is 43.2 Å². The van der Waals surface area contributed by atoms with Crippen LogP contribution < -0.4 is 15.8 Å². The van der Waals surface area contributed by atoms with E-state index in [9.17, 15) is 4.79 Å². The Morgan fingerprint density at radius 1 is 1.33 bits per heavy atom. The smallest absolute Gasteiger partial charge is 0.266 e. The summed E-state index contributed by atoms with van der Waals surface area (Å²) in [4.78, 5) is 18.6. The predicted octanol–water partition coefficient (Wildman–Crippen LogP) is 1.34. The van der Waals surface area contributed by atoms with Gasteiger partial charge in [0.2, 0.25) is 0 Å². The molecule has 1 aliphatic heterocycles. The minimum absolute atomic E-state index is 0.150. The fourth-order valence-electron chi connectivity index (χ4n) is 2.23. The Morgan fingerprint density at radius 3 is 2.62 bits per heavy atom. The van der Waals surface area contributed by atoms with Crippen molar-refractivity contribution in [3.05, 3.63) is 23.9 Å². The molecule has 0 aromatic carbocycles. The molecule has 2 heterocycles. The number of morpholine rings is 1. The zero-order chi connectivity index (χ0) is 15.1. The minimum atomic E-state index is -0.150. The SMILES string of the molecule is CCC(CC)NNC(=O)c1ccc(N2CCOCC2)nc1. The van der Waals surface area contributed by atoms with Gasteiger partial charge in [0.25, 0.3) is 5.91 Å². The average Bonchev–Trinajstić information content (AvgIpc) is 2.56. The number of hydrogen-bond acceptors (Lipinski definition) is 5. The van der Waals surface area contributed by atoms with Gasteiger partial charge in [-0.1, -0.05) is 13.8 Å². The first-order chi connectivity index (χ1) is 10.2. The zero-order valence-corrected chi connectivity index (χ0v) is 12.8. The number of anilines is 1. The van der Waals surface area contributed by atoms with Crippen molar-refractivity contribution in [1.82, 2.24) is 15.8 Å². The maximum Gasteiger partial charge on any atom is 0.266 e. The lowest BCUT2D eigenvalue weighted by atomic mass is 10.2. The molecule has 6 nitrogen and oxygen atoms in total. The van der Waals surface area contributed by atoms with Crippen LogP contribution in [0, 0.1) is 0 Å². The Bertz CT molecular complexity index is 439. The second-order valence-corrected chi connectivity index (χ2v) is 5.12. The summed E-state index contributed by atoms with van der Waals surface area (Å²) >= 11 is 0. The Morgan fingerprint density at radius 2 is 2.05 bits per heavy atom. The van der Waals surface area contributed by atoms with E-state index in [1.54, 1.807) is 6.20 Å².